The van der Waals surface area contributed by atoms with E-state index in [0.717, 1.165) is 11.3 Å². The van der Waals surface area contributed by atoms with Crippen LogP contribution in [0.4, 0.5) is 0 Å². The van der Waals surface area contributed by atoms with E-state index in [1.807, 2.05) is 42.5 Å². The molecule has 0 N–H and O–H groups in total. The second-order valence-electron chi connectivity index (χ2n) is 3.55. The average molecular weight is 224 g/mol. The predicted octanol–water partition coefficient (Wildman–Crippen LogP) is 2.82. The molecule has 2 rings (SSSR count). The lowest BCUT2D eigenvalue weighted by Crippen LogP contribution is -1.96. The summed E-state index contributed by atoms with van der Waals surface area (Å²) in [6.45, 7) is 0. The van der Waals surface area contributed by atoms with Crippen molar-refractivity contribution in [1.82, 2.24) is 4.98 Å². The molecule has 17 heavy (non-hydrogen) atoms. The molecule has 0 fully saturated rings. The van der Waals surface area contributed by atoms with E-state index >= 15 is 0 Å². The normalized spacial score (nSPS) is 9.65. The molecular formula is C14H12N2O. The maximum absolute atomic E-state index is 8.76. The van der Waals surface area contributed by atoms with Gasteiger partial charge in [-0.25, -0.2) is 4.98 Å². The van der Waals surface area contributed by atoms with E-state index in [9.17, 15) is 0 Å². The highest BCUT2D eigenvalue weighted by atomic mass is 16.5. The number of pyridine rings is 1. The fraction of sp³-hybridized carbons (Fsp3) is 0.143. The van der Waals surface area contributed by atoms with Crippen LogP contribution < -0.4 is 4.74 Å². The molecule has 1 heterocycles. The number of nitrogens with zero attached hydrogens (tertiary/aromatic N) is 2. The van der Waals surface area contributed by atoms with Gasteiger partial charge in [-0.3, -0.25) is 0 Å². The maximum atomic E-state index is 8.76. The summed E-state index contributed by atoms with van der Waals surface area (Å²) in [7, 11) is 1.58. The van der Waals surface area contributed by atoms with E-state index < -0.39 is 0 Å². The van der Waals surface area contributed by atoms with Crippen LogP contribution in [0.15, 0.2) is 42.5 Å². The van der Waals surface area contributed by atoms with Gasteiger partial charge in [0.25, 0.3) is 0 Å². The Bertz CT molecular complexity index is 544. The first-order chi connectivity index (χ1) is 8.35. The van der Waals surface area contributed by atoms with Crippen LogP contribution in [0.25, 0.3) is 11.3 Å². The van der Waals surface area contributed by atoms with Gasteiger partial charge in [0, 0.05) is 5.56 Å². The summed E-state index contributed by atoms with van der Waals surface area (Å²) in [6, 6.07) is 15.7. The Labute approximate surface area is 100 Å². The van der Waals surface area contributed by atoms with Crippen LogP contribution in [0.1, 0.15) is 5.69 Å². The number of ether oxygens (including phenoxy) is 1. The summed E-state index contributed by atoms with van der Waals surface area (Å²) in [5.74, 6) is 0.659. The van der Waals surface area contributed by atoms with Crippen molar-refractivity contribution in [2.75, 3.05) is 7.11 Å². The zero-order chi connectivity index (χ0) is 12.1. The van der Waals surface area contributed by atoms with Crippen molar-refractivity contribution in [2.45, 2.75) is 6.42 Å². The van der Waals surface area contributed by atoms with E-state index in [0.29, 0.717) is 11.4 Å². The lowest BCUT2D eigenvalue weighted by atomic mass is 10.1. The molecule has 3 nitrogen and oxygen atoms in total. The number of nitriles is 1. The molecule has 0 radical (unpaired) electrons. The Kier molecular flexibility index (Phi) is 3.37. The van der Waals surface area contributed by atoms with Crippen molar-refractivity contribution in [2.24, 2.45) is 0 Å². The molecular weight excluding hydrogens is 212 g/mol. The molecule has 0 aliphatic carbocycles. The van der Waals surface area contributed by atoms with Gasteiger partial charge in [-0.2, -0.15) is 5.26 Å². The minimum Gasteiger partial charge on any atom is -0.495 e. The van der Waals surface area contributed by atoms with E-state index in [1.165, 1.54) is 0 Å². The van der Waals surface area contributed by atoms with Crippen molar-refractivity contribution in [3.05, 3.63) is 48.2 Å². The molecule has 0 unspecified atom stereocenters. The van der Waals surface area contributed by atoms with Crippen molar-refractivity contribution in [3.63, 3.8) is 0 Å². The van der Waals surface area contributed by atoms with Crippen LogP contribution in [-0.4, -0.2) is 12.1 Å². The van der Waals surface area contributed by atoms with Crippen molar-refractivity contribution < 1.29 is 4.74 Å². The SMILES string of the molecule is COc1ccc(-c2ccccc2)nc1CC#N. The Morgan fingerprint density at radius 3 is 2.59 bits per heavy atom. The Balaban J connectivity index is 2.44. The zero-order valence-electron chi connectivity index (χ0n) is 9.55. The van der Waals surface area contributed by atoms with Crippen molar-refractivity contribution in [1.29, 1.82) is 5.26 Å². The molecule has 0 aliphatic heterocycles. The van der Waals surface area contributed by atoms with Crippen LogP contribution in [0, 0.1) is 11.3 Å². The molecule has 0 saturated heterocycles. The fourth-order valence-electron chi connectivity index (χ4n) is 1.65. The summed E-state index contributed by atoms with van der Waals surface area (Å²) in [5.41, 5.74) is 2.57. The van der Waals surface area contributed by atoms with Gasteiger partial charge in [0.2, 0.25) is 0 Å². The quantitative estimate of drug-likeness (QED) is 0.805. The molecule has 0 atom stereocenters. The largest absolute Gasteiger partial charge is 0.495 e. The van der Waals surface area contributed by atoms with Crippen molar-refractivity contribution >= 4 is 0 Å². The molecule has 3 heteroatoms. The topological polar surface area (TPSA) is 45.9 Å². The smallest absolute Gasteiger partial charge is 0.141 e. The molecule has 1 aromatic carbocycles. The van der Waals surface area contributed by atoms with Gasteiger partial charge in [-0.1, -0.05) is 30.3 Å². The van der Waals surface area contributed by atoms with Gasteiger partial charge < -0.3 is 4.74 Å². The summed E-state index contributed by atoms with van der Waals surface area (Å²) >= 11 is 0. The average Bonchev–Trinajstić information content (AvgIpc) is 2.40. The summed E-state index contributed by atoms with van der Waals surface area (Å²) in [4.78, 5) is 4.46. The van der Waals surface area contributed by atoms with Crippen LogP contribution in [0.5, 0.6) is 5.75 Å². The molecule has 2 aromatic rings. The summed E-state index contributed by atoms with van der Waals surface area (Å²) < 4.78 is 5.18. The molecule has 0 aliphatic rings. The Morgan fingerprint density at radius 2 is 1.94 bits per heavy atom. The first kappa shape index (κ1) is 11.2. The molecule has 0 amide bonds. The van der Waals surface area contributed by atoms with Crippen molar-refractivity contribution in [3.8, 4) is 23.1 Å². The summed E-state index contributed by atoms with van der Waals surface area (Å²) in [5, 5.41) is 8.76. The number of hydrogen-bond donors (Lipinski definition) is 0. The lowest BCUT2D eigenvalue weighted by Gasteiger charge is -2.07. The van der Waals surface area contributed by atoms with Crippen LogP contribution in [0.2, 0.25) is 0 Å². The van der Waals surface area contributed by atoms with Gasteiger partial charge in [0.1, 0.15) is 5.75 Å². The predicted molar refractivity (Wildman–Crippen MR) is 65.5 cm³/mol. The minimum absolute atomic E-state index is 0.254. The number of rotatable bonds is 3. The third-order valence-corrected chi connectivity index (χ3v) is 2.47. The highest BCUT2D eigenvalue weighted by Gasteiger charge is 2.06. The monoisotopic (exact) mass is 224 g/mol. The van der Waals surface area contributed by atoms with Crippen LogP contribution in [0.3, 0.4) is 0 Å². The molecule has 0 bridgehead atoms. The van der Waals surface area contributed by atoms with Gasteiger partial charge in [-0.05, 0) is 12.1 Å². The number of methoxy groups -OCH3 is 1. The second-order valence-corrected chi connectivity index (χ2v) is 3.55. The fourth-order valence-corrected chi connectivity index (χ4v) is 1.65. The van der Waals surface area contributed by atoms with E-state index in [2.05, 4.69) is 11.1 Å². The van der Waals surface area contributed by atoms with Gasteiger partial charge in [0.05, 0.1) is 31.0 Å². The first-order valence-electron chi connectivity index (χ1n) is 5.31. The third-order valence-electron chi connectivity index (χ3n) is 2.47. The zero-order valence-corrected chi connectivity index (χ0v) is 9.55. The third kappa shape index (κ3) is 2.43. The molecule has 0 saturated carbocycles. The first-order valence-corrected chi connectivity index (χ1v) is 5.31. The van der Waals surface area contributed by atoms with E-state index in [1.54, 1.807) is 7.11 Å². The Hall–Kier alpha value is -2.34. The lowest BCUT2D eigenvalue weighted by molar-refractivity contribution is 0.408. The molecule has 0 spiro atoms. The highest BCUT2D eigenvalue weighted by Crippen LogP contribution is 2.23. The number of benzene rings is 1. The number of aromatic nitrogens is 1. The second kappa shape index (κ2) is 5.13. The minimum atomic E-state index is 0.254. The molecule has 1 aromatic heterocycles. The van der Waals surface area contributed by atoms with Crippen LogP contribution in [-0.2, 0) is 6.42 Å². The maximum Gasteiger partial charge on any atom is 0.141 e. The van der Waals surface area contributed by atoms with Gasteiger partial charge in [0.15, 0.2) is 0 Å². The number of hydrogen-bond acceptors (Lipinski definition) is 3. The van der Waals surface area contributed by atoms with Gasteiger partial charge >= 0.3 is 0 Å². The van der Waals surface area contributed by atoms with Gasteiger partial charge in [-0.15, -0.1) is 0 Å². The van der Waals surface area contributed by atoms with E-state index in [4.69, 9.17) is 10.00 Å². The highest BCUT2D eigenvalue weighted by molar-refractivity contribution is 5.60. The molecule has 84 valence electrons. The van der Waals surface area contributed by atoms with E-state index in [-0.39, 0.29) is 6.42 Å². The summed E-state index contributed by atoms with van der Waals surface area (Å²) in [6.07, 6.45) is 0.254. The van der Waals surface area contributed by atoms with Crippen LogP contribution >= 0.6 is 0 Å². The standard InChI is InChI=1S/C14H12N2O/c1-17-14-8-7-12(16-13(14)9-10-15)11-5-3-2-4-6-11/h2-8H,9H2,1H3. The Morgan fingerprint density at radius 1 is 1.18 bits per heavy atom.